The Morgan fingerprint density at radius 1 is 1.17 bits per heavy atom. The molecule has 0 saturated carbocycles. The molecule has 134 valence electrons. The Labute approximate surface area is 146 Å². The number of β-amino-alcohol motifs (C(OH)–C–C–N with tert-alkyl or cyclic N) is 1. The van der Waals surface area contributed by atoms with E-state index in [1.165, 1.54) is 31.5 Å². The van der Waals surface area contributed by atoms with Crippen molar-refractivity contribution in [2.45, 2.75) is 63.9 Å². The summed E-state index contributed by atoms with van der Waals surface area (Å²) in [5.74, 6) is 0. The average Bonchev–Trinajstić information content (AvgIpc) is 2.93. The van der Waals surface area contributed by atoms with Gasteiger partial charge >= 0.3 is 0 Å². The number of hydrogen-bond donors (Lipinski definition) is 2. The number of aliphatic hydroxyl groups excluding tert-OH is 1. The number of nitrogens with zero attached hydrogens (tertiary/aromatic N) is 2. The van der Waals surface area contributed by atoms with Crippen molar-refractivity contribution in [2.24, 2.45) is 0 Å². The van der Waals surface area contributed by atoms with Crippen molar-refractivity contribution >= 4 is 0 Å². The van der Waals surface area contributed by atoms with E-state index in [0.717, 1.165) is 26.1 Å². The third-order valence-electron chi connectivity index (χ3n) is 5.64. The van der Waals surface area contributed by atoms with Gasteiger partial charge in [0.2, 0.25) is 0 Å². The van der Waals surface area contributed by atoms with Crippen molar-refractivity contribution in [3.8, 4) is 0 Å². The maximum Gasteiger partial charge on any atom is 0.0682 e. The van der Waals surface area contributed by atoms with Crippen molar-refractivity contribution in [3.63, 3.8) is 0 Å². The van der Waals surface area contributed by atoms with Crippen LogP contribution >= 0.6 is 0 Å². The Hall–Kier alpha value is -0.940. The topological polar surface area (TPSA) is 38.7 Å². The first-order valence-corrected chi connectivity index (χ1v) is 9.55. The second-order valence-corrected chi connectivity index (χ2v) is 7.77. The molecule has 24 heavy (non-hydrogen) atoms. The van der Waals surface area contributed by atoms with E-state index in [9.17, 15) is 5.11 Å². The molecule has 1 aromatic rings. The number of likely N-dealkylation sites (tertiary alicyclic amines) is 2. The molecule has 1 aromatic carbocycles. The maximum atomic E-state index is 10.1. The molecule has 0 unspecified atom stereocenters. The number of rotatable bonds is 6. The smallest absolute Gasteiger partial charge is 0.0682 e. The second-order valence-electron chi connectivity index (χ2n) is 7.77. The standard InChI is InChI=1S/C20H33N3O/c1-16(2)22-10-8-18(9-11-22)21-13-19-12-20(24)15-23(19)14-17-6-4-3-5-7-17/h3-7,16,18-21,24H,8-15H2,1-2H3/t19-,20+/m1/s1. The van der Waals surface area contributed by atoms with Crippen molar-refractivity contribution in [1.82, 2.24) is 15.1 Å². The Balaban J connectivity index is 1.47. The third kappa shape index (κ3) is 4.79. The second kappa shape index (κ2) is 8.43. The van der Waals surface area contributed by atoms with Crippen LogP contribution in [0.25, 0.3) is 0 Å². The largest absolute Gasteiger partial charge is 0.392 e. The highest BCUT2D eigenvalue weighted by Crippen LogP contribution is 2.21. The summed E-state index contributed by atoms with van der Waals surface area (Å²) >= 11 is 0. The van der Waals surface area contributed by atoms with E-state index in [4.69, 9.17) is 0 Å². The monoisotopic (exact) mass is 331 g/mol. The number of hydrogen-bond acceptors (Lipinski definition) is 4. The summed E-state index contributed by atoms with van der Waals surface area (Å²) in [6.45, 7) is 9.72. The molecule has 2 fully saturated rings. The SMILES string of the molecule is CC(C)N1CCC(NC[C@H]2C[C@H](O)CN2Cc2ccccc2)CC1. The first-order chi connectivity index (χ1) is 11.6. The Morgan fingerprint density at radius 2 is 1.88 bits per heavy atom. The van der Waals surface area contributed by atoms with Crippen molar-refractivity contribution in [3.05, 3.63) is 35.9 Å². The van der Waals surface area contributed by atoms with Crippen LogP contribution in [-0.2, 0) is 6.54 Å². The van der Waals surface area contributed by atoms with Gasteiger partial charge in [0.1, 0.15) is 0 Å². The van der Waals surface area contributed by atoms with Gasteiger partial charge in [0.05, 0.1) is 6.10 Å². The molecular weight excluding hydrogens is 298 g/mol. The minimum absolute atomic E-state index is 0.177. The van der Waals surface area contributed by atoms with E-state index in [1.54, 1.807) is 0 Å². The number of aliphatic hydroxyl groups is 1. The Kier molecular flexibility index (Phi) is 6.28. The maximum absolute atomic E-state index is 10.1. The van der Waals surface area contributed by atoms with Crippen LogP contribution in [0.15, 0.2) is 30.3 Å². The lowest BCUT2D eigenvalue weighted by molar-refractivity contribution is 0.154. The first-order valence-electron chi connectivity index (χ1n) is 9.55. The first kappa shape index (κ1) is 17.9. The van der Waals surface area contributed by atoms with Crippen LogP contribution in [0, 0.1) is 0 Å². The highest BCUT2D eigenvalue weighted by molar-refractivity contribution is 5.15. The lowest BCUT2D eigenvalue weighted by atomic mass is 10.0. The minimum Gasteiger partial charge on any atom is -0.392 e. The summed E-state index contributed by atoms with van der Waals surface area (Å²) < 4.78 is 0. The van der Waals surface area contributed by atoms with E-state index < -0.39 is 0 Å². The molecule has 0 aliphatic carbocycles. The molecule has 4 heteroatoms. The number of benzene rings is 1. The summed E-state index contributed by atoms with van der Waals surface area (Å²) in [5.41, 5.74) is 1.34. The van der Waals surface area contributed by atoms with Gasteiger partial charge in [-0.2, -0.15) is 0 Å². The molecule has 0 amide bonds. The summed E-state index contributed by atoms with van der Waals surface area (Å²) in [6, 6.07) is 12.4. The summed E-state index contributed by atoms with van der Waals surface area (Å²) in [4.78, 5) is 5.01. The lowest BCUT2D eigenvalue weighted by Gasteiger charge is -2.36. The predicted molar refractivity (Wildman–Crippen MR) is 99.0 cm³/mol. The molecule has 4 nitrogen and oxygen atoms in total. The van der Waals surface area contributed by atoms with Gasteiger partial charge in [-0.15, -0.1) is 0 Å². The van der Waals surface area contributed by atoms with Gasteiger partial charge in [-0.3, -0.25) is 4.90 Å². The van der Waals surface area contributed by atoms with E-state index in [-0.39, 0.29) is 6.10 Å². The molecule has 2 saturated heterocycles. The fraction of sp³-hybridized carbons (Fsp3) is 0.700. The van der Waals surface area contributed by atoms with Crippen LogP contribution in [-0.4, -0.2) is 65.3 Å². The Bertz CT molecular complexity index is 485. The zero-order valence-electron chi connectivity index (χ0n) is 15.2. The van der Waals surface area contributed by atoms with Gasteiger partial charge in [-0.25, -0.2) is 0 Å². The van der Waals surface area contributed by atoms with Gasteiger partial charge in [0.15, 0.2) is 0 Å². The quantitative estimate of drug-likeness (QED) is 0.837. The molecule has 0 bridgehead atoms. The van der Waals surface area contributed by atoms with Crippen molar-refractivity contribution in [1.29, 1.82) is 0 Å². The number of nitrogens with one attached hydrogen (secondary N) is 1. The van der Waals surface area contributed by atoms with Crippen LogP contribution < -0.4 is 5.32 Å². The zero-order chi connectivity index (χ0) is 16.9. The fourth-order valence-electron chi connectivity index (χ4n) is 4.10. The molecule has 0 radical (unpaired) electrons. The third-order valence-corrected chi connectivity index (χ3v) is 5.64. The van der Waals surface area contributed by atoms with Gasteiger partial charge in [0, 0.05) is 37.8 Å². The van der Waals surface area contributed by atoms with Gasteiger partial charge in [0.25, 0.3) is 0 Å². The van der Waals surface area contributed by atoms with Gasteiger partial charge in [-0.1, -0.05) is 30.3 Å². The van der Waals surface area contributed by atoms with Gasteiger partial charge in [-0.05, 0) is 51.8 Å². The van der Waals surface area contributed by atoms with E-state index in [1.807, 2.05) is 0 Å². The molecule has 2 aliphatic heterocycles. The molecule has 2 aliphatic rings. The van der Waals surface area contributed by atoms with E-state index in [2.05, 4.69) is 59.3 Å². The number of piperidine rings is 1. The highest BCUT2D eigenvalue weighted by Gasteiger charge is 2.31. The lowest BCUT2D eigenvalue weighted by Crippen LogP contribution is -2.48. The molecule has 0 spiro atoms. The summed E-state index contributed by atoms with van der Waals surface area (Å²) in [5, 5.41) is 13.9. The highest BCUT2D eigenvalue weighted by atomic mass is 16.3. The van der Waals surface area contributed by atoms with Crippen LogP contribution in [0.2, 0.25) is 0 Å². The summed E-state index contributed by atoms with van der Waals surface area (Å²) in [7, 11) is 0. The Morgan fingerprint density at radius 3 is 2.54 bits per heavy atom. The molecular formula is C20H33N3O. The molecule has 2 N–H and O–H groups in total. The zero-order valence-corrected chi connectivity index (χ0v) is 15.2. The van der Waals surface area contributed by atoms with Crippen molar-refractivity contribution in [2.75, 3.05) is 26.2 Å². The van der Waals surface area contributed by atoms with E-state index in [0.29, 0.717) is 18.1 Å². The van der Waals surface area contributed by atoms with Gasteiger partial charge < -0.3 is 15.3 Å². The van der Waals surface area contributed by atoms with Crippen LogP contribution in [0.1, 0.15) is 38.7 Å². The molecule has 2 atom stereocenters. The van der Waals surface area contributed by atoms with Crippen LogP contribution in [0.5, 0.6) is 0 Å². The van der Waals surface area contributed by atoms with Crippen molar-refractivity contribution < 1.29 is 5.11 Å². The minimum atomic E-state index is -0.177. The average molecular weight is 332 g/mol. The molecule has 2 heterocycles. The van der Waals surface area contributed by atoms with Crippen LogP contribution in [0.3, 0.4) is 0 Å². The molecule has 3 rings (SSSR count). The molecule has 0 aromatic heterocycles. The predicted octanol–water partition coefficient (Wildman–Crippen LogP) is 2.08. The van der Waals surface area contributed by atoms with E-state index >= 15 is 0 Å². The fourth-order valence-corrected chi connectivity index (χ4v) is 4.10. The normalized spacial score (nSPS) is 27.2. The van der Waals surface area contributed by atoms with Crippen LogP contribution in [0.4, 0.5) is 0 Å². The summed E-state index contributed by atoms with van der Waals surface area (Å²) in [6.07, 6.45) is 3.20.